The van der Waals surface area contributed by atoms with Crippen LogP contribution in [0, 0.1) is 5.92 Å². The smallest absolute Gasteiger partial charge is 0.182 e. The number of nitrogen functional groups attached to an aromatic ring is 1. The molecular formula is C9H15N5. The Morgan fingerprint density at radius 3 is 2.43 bits per heavy atom. The highest BCUT2D eigenvalue weighted by Gasteiger charge is 1.99. The van der Waals surface area contributed by atoms with Gasteiger partial charge in [-0.25, -0.2) is 15.0 Å². The summed E-state index contributed by atoms with van der Waals surface area (Å²) in [5.74, 6) is 1.27. The van der Waals surface area contributed by atoms with E-state index in [0.717, 1.165) is 5.92 Å². The van der Waals surface area contributed by atoms with Crippen LogP contribution in [0.5, 0.6) is 0 Å². The second-order valence-corrected chi connectivity index (χ2v) is 3.59. The van der Waals surface area contributed by atoms with Gasteiger partial charge in [-0.1, -0.05) is 20.8 Å². The second-order valence-electron chi connectivity index (χ2n) is 3.59. The van der Waals surface area contributed by atoms with E-state index in [1.165, 1.54) is 12.7 Å². The van der Waals surface area contributed by atoms with Gasteiger partial charge >= 0.3 is 0 Å². The number of nitrogens with two attached hydrogens (primary N) is 1. The van der Waals surface area contributed by atoms with Crippen molar-refractivity contribution in [2.45, 2.75) is 20.8 Å². The van der Waals surface area contributed by atoms with Crippen LogP contribution in [0.15, 0.2) is 12.7 Å². The van der Waals surface area contributed by atoms with Crippen molar-refractivity contribution >= 4 is 17.0 Å². The molecule has 0 fully saturated rings. The zero-order valence-electron chi connectivity index (χ0n) is 8.65. The Labute approximate surface area is 82.8 Å². The van der Waals surface area contributed by atoms with Gasteiger partial charge in [0, 0.05) is 0 Å². The minimum absolute atomic E-state index is 0.433. The van der Waals surface area contributed by atoms with Crippen LogP contribution < -0.4 is 5.73 Å². The van der Waals surface area contributed by atoms with Gasteiger partial charge in [-0.15, -0.1) is 0 Å². The first-order valence-electron chi connectivity index (χ1n) is 4.50. The Morgan fingerprint density at radius 2 is 1.86 bits per heavy atom. The van der Waals surface area contributed by atoms with Crippen LogP contribution in [-0.2, 0) is 0 Å². The molecule has 0 unspecified atom stereocenters. The number of aromatic nitrogens is 4. The van der Waals surface area contributed by atoms with E-state index in [1.807, 2.05) is 0 Å². The van der Waals surface area contributed by atoms with Crippen LogP contribution in [-0.4, -0.2) is 19.9 Å². The van der Waals surface area contributed by atoms with Crippen molar-refractivity contribution in [3.63, 3.8) is 0 Å². The Kier molecular flexibility index (Phi) is 3.39. The Morgan fingerprint density at radius 1 is 1.21 bits per heavy atom. The molecule has 2 aromatic rings. The summed E-state index contributed by atoms with van der Waals surface area (Å²) >= 11 is 0. The number of nitrogens with one attached hydrogen (secondary N) is 1. The van der Waals surface area contributed by atoms with Gasteiger partial charge in [-0.3, -0.25) is 0 Å². The number of rotatable bonds is 0. The maximum absolute atomic E-state index is 5.48. The van der Waals surface area contributed by atoms with Crippen molar-refractivity contribution in [3.05, 3.63) is 12.7 Å². The SMILES string of the molecule is CC(C)C.Nc1ncnc2nc[nH]c12. The average molecular weight is 193 g/mol. The van der Waals surface area contributed by atoms with Gasteiger partial charge in [-0.2, -0.15) is 0 Å². The van der Waals surface area contributed by atoms with E-state index in [4.69, 9.17) is 5.73 Å². The third-order valence-corrected chi connectivity index (χ3v) is 1.25. The molecule has 0 bridgehead atoms. The van der Waals surface area contributed by atoms with Crippen molar-refractivity contribution in [2.75, 3.05) is 5.73 Å². The van der Waals surface area contributed by atoms with Gasteiger partial charge in [-0.05, 0) is 5.92 Å². The van der Waals surface area contributed by atoms with Gasteiger partial charge in [0.05, 0.1) is 6.33 Å². The van der Waals surface area contributed by atoms with E-state index in [2.05, 4.69) is 40.7 Å². The largest absolute Gasteiger partial charge is 0.382 e. The minimum Gasteiger partial charge on any atom is -0.382 e. The van der Waals surface area contributed by atoms with Gasteiger partial charge < -0.3 is 10.7 Å². The summed E-state index contributed by atoms with van der Waals surface area (Å²) in [5, 5.41) is 0. The molecule has 14 heavy (non-hydrogen) atoms. The maximum Gasteiger partial charge on any atom is 0.182 e. The van der Waals surface area contributed by atoms with E-state index in [1.54, 1.807) is 0 Å². The van der Waals surface area contributed by atoms with Gasteiger partial charge in [0.15, 0.2) is 11.5 Å². The number of hydrogen-bond acceptors (Lipinski definition) is 4. The molecule has 2 rings (SSSR count). The molecular weight excluding hydrogens is 178 g/mol. The molecule has 0 aliphatic carbocycles. The number of fused-ring (bicyclic) bond motifs is 1. The monoisotopic (exact) mass is 193 g/mol. The molecule has 2 heterocycles. The number of aromatic amines is 1. The molecule has 5 heteroatoms. The van der Waals surface area contributed by atoms with E-state index in [9.17, 15) is 0 Å². The van der Waals surface area contributed by atoms with Crippen LogP contribution in [0.4, 0.5) is 5.82 Å². The van der Waals surface area contributed by atoms with Crippen LogP contribution in [0.2, 0.25) is 0 Å². The predicted molar refractivity (Wildman–Crippen MR) is 56.6 cm³/mol. The van der Waals surface area contributed by atoms with E-state index in [-0.39, 0.29) is 0 Å². The minimum atomic E-state index is 0.433. The number of nitrogens with zero attached hydrogens (tertiary/aromatic N) is 3. The molecule has 76 valence electrons. The molecule has 0 radical (unpaired) electrons. The fourth-order valence-corrected chi connectivity index (χ4v) is 0.784. The van der Waals surface area contributed by atoms with Crippen molar-refractivity contribution < 1.29 is 0 Å². The molecule has 2 aromatic heterocycles. The van der Waals surface area contributed by atoms with Crippen molar-refractivity contribution in [1.82, 2.24) is 19.9 Å². The third kappa shape index (κ3) is 2.69. The summed E-state index contributed by atoms with van der Waals surface area (Å²) in [4.78, 5) is 14.4. The summed E-state index contributed by atoms with van der Waals surface area (Å²) < 4.78 is 0. The first-order chi connectivity index (χ1) is 6.61. The first-order valence-corrected chi connectivity index (χ1v) is 4.50. The zero-order valence-corrected chi connectivity index (χ0v) is 8.65. The Hall–Kier alpha value is -1.65. The summed E-state index contributed by atoms with van der Waals surface area (Å²) in [6.45, 7) is 6.50. The fraction of sp³-hybridized carbons (Fsp3) is 0.444. The van der Waals surface area contributed by atoms with Crippen LogP contribution >= 0.6 is 0 Å². The Bertz CT molecular complexity index is 390. The molecule has 0 aromatic carbocycles. The molecule has 0 saturated heterocycles. The Balaban J connectivity index is 0.000000213. The lowest BCUT2D eigenvalue weighted by Gasteiger charge is -1.89. The summed E-state index contributed by atoms with van der Waals surface area (Å²) in [6, 6.07) is 0. The molecule has 0 aliphatic rings. The van der Waals surface area contributed by atoms with E-state index in [0.29, 0.717) is 17.0 Å². The normalized spacial score (nSPS) is 10.0. The van der Waals surface area contributed by atoms with Crippen molar-refractivity contribution in [1.29, 1.82) is 0 Å². The fourth-order valence-electron chi connectivity index (χ4n) is 0.784. The predicted octanol–water partition coefficient (Wildman–Crippen LogP) is 1.60. The molecule has 0 aliphatic heterocycles. The highest BCUT2D eigenvalue weighted by atomic mass is 15.0. The van der Waals surface area contributed by atoms with Crippen molar-refractivity contribution in [2.24, 2.45) is 5.92 Å². The molecule has 0 atom stereocenters. The number of anilines is 1. The lowest BCUT2D eigenvalue weighted by Crippen LogP contribution is -1.91. The standard InChI is InChI=1S/C5H5N5.C4H10/c6-4-3-5(9-1-7-3)10-2-8-4;1-4(2)3/h1-2H,(H3,6,7,8,9,10);4H,1-3H3. The lowest BCUT2D eigenvalue weighted by atomic mass is 10.3. The van der Waals surface area contributed by atoms with Crippen LogP contribution in [0.3, 0.4) is 0 Å². The zero-order chi connectivity index (χ0) is 10.6. The molecule has 0 spiro atoms. The topological polar surface area (TPSA) is 80.5 Å². The number of H-pyrrole nitrogens is 1. The highest BCUT2D eigenvalue weighted by Crippen LogP contribution is 2.09. The summed E-state index contributed by atoms with van der Waals surface area (Å²) in [6.07, 6.45) is 2.92. The average Bonchev–Trinajstić information content (AvgIpc) is 2.52. The molecule has 0 amide bonds. The quantitative estimate of drug-likeness (QED) is 0.665. The number of hydrogen-bond donors (Lipinski definition) is 2. The van der Waals surface area contributed by atoms with Crippen LogP contribution in [0.1, 0.15) is 20.8 Å². The van der Waals surface area contributed by atoms with Gasteiger partial charge in [0.1, 0.15) is 11.8 Å². The third-order valence-electron chi connectivity index (χ3n) is 1.25. The van der Waals surface area contributed by atoms with Gasteiger partial charge in [0.25, 0.3) is 0 Å². The van der Waals surface area contributed by atoms with E-state index < -0.39 is 0 Å². The number of imidazole rings is 1. The lowest BCUT2D eigenvalue weighted by molar-refractivity contribution is 0.737. The van der Waals surface area contributed by atoms with E-state index >= 15 is 0 Å². The van der Waals surface area contributed by atoms with Crippen molar-refractivity contribution in [3.8, 4) is 0 Å². The summed E-state index contributed by atoms with van der Waals surface area (Å²) in [7, 11) is 0. The highest BCUT2D eigenvalue weighted by molar-refractivity contribution is 5.80. The van der Waals surface area contributed by atoms with Gasteiger partial charge in [0.2, 0.25) is 0 Å². The van der Waals surface area contributed by atoms with Crippen LogP contribution in [0.25, 0.3) is 11.2 Å². The second kappa shape index (κ2) is 4.55. The molecule has 5 nitrogen and oxygen atoms in total. The molecule has 0 saturated carbocycles. The first kappa shape index (κ1) is 10.4. The maximum atomic E-state index is 5.48. The summed E-state index contributed by atoms with van der Waals surface area (Å²) in [5.41, 5.74) is 6.78. The molecule has 3 N–H and O–H groups in total.